The fourth-order valence-corrected chi connectivity index (χ4v) is 1.81. The molecule has 5 nitrogen and oxygen atoms in total. The summed E-state index contributed by atoms with van der Waals surface area (Å²) < 4.78 is 0. The largest absolute Gasteiger partial charge is 0.353 e. The molecule has 1 fully saturated rings. The molecule has 0 spiro atoms. The van der Waals surface area contributed by atoms with E-state index >= 15 is 0 Å². The highest BCUT2D eigenvalue weighted by molar-refractivity contribution is 5.82. The molecule has 0 unspecified atom stereocenters. The number of nitrogens with zero attached hydrogens (tertiary/aromatic N) is 1. The van der Waals surface area contributed by atoms with E-state index in [1.807, 2.05) is 18.7 Å². The molecule has 0 aliphatic carbocycles. The van der Waals surface area contributed by atoms with Crippen molar-refractivity contribution in [3.8, 4) is 0 Å². The van der Waals surface area contributed by atoms with E-state index in [4.69, 9.17) is 5.73 Å². The van der Waals surface area contributed by atoms with Gasteiger partial charge >= 0.3 is 0 Å². The molecule has 2 amide bonds. The number of rotatable bonds is 3. The third-order valence-corrected chi connectivity index (χ3v) is 3.40. The molecule has 0 aromatic carbocycles. The van der Waals surface area contributed by atoms with E-state index in [1.165, 1.54) is 0 Å². The van der Waals surface area contributed by atoms with Gasteiger partial charge in [0.1, 0.15) is 0 Å². The molecule has 98 valence electrons. The summed E-state index contributed by atoms with van der Waals surface area (Å²) in [6.45, 7) is 7.05. The molecule has 3 N–H and O–H groups in total. The summed E-state index contributed by atoms with van der Waals surface area (Å²) in [5, 5.41) is 3.01. The monoisotopic (exact) mass is 241 g/mol. The van der Waals surface area contributed by atoms with Gasteiger partial charge in [-0.15, -0.1) is 0 Å². The number of nitrogens with one attached hydrogen (secondary N) is 1. The van der Waals surface area contributed by atoms with Crippen LogP contribution in [0.25, 0.3) is 0 Å². The Hall–Kier alpha value is -1.10. The summed E-state index contributed by atoms with van der Waals surface area (Å²) in [5.74, 6) is 0.110. The van der Waals surface area contributed by atoms with Crippen LogP contribution in [-0.2, 0) is 9.59 Å². The number of hydrogen-bond acceptors (Lipinski definition) is 3. The van der Waals surface area contributed by atoms with Gasteiger partial charge in [-0.25, -0.2) is 0 Å². The van der Waals surface area contributed by atoms with Gasteiger partial charge in [0.05, 0.1) is 5.41 Å². The van der Waals surface area contributed by atoms with Crippen LogP contribution >= 0.6 is 0 Å². The van der Waals surface area contributed by atoms with Crippen LogP contribution in [0.15, 0.2) is 0 Å². The molecule has 1 aliphatic heterocycles. The minimum atomic E-state index is -0.516. The molecule has 0 saturated carbocycles. The van der Waals surface area contributed by atoms with Crippen LogP contribution in [0.3, 0.4) is 0 Å². The van der Waals surface area contributed by atoms with Crippen molar-refractivity contribution in [3.05, 3.63) is 0 Å². The van der Waals surface area contributed by atoms with E-state index in [-0.39, 0.29) is 17.9 Å². The Morgan fingerprint density at radius 1 is 1.35 bits per heavy atom. The molecular weight excluding hydrogens is 218 g/mol. The lowest BCUT2D eigenvalue weighted by Crippen LogP contribution is -2.50. The second-order valence-electron chi connectivity index (χ2n) is 5.34. The predicted octanol–water partition coefficient (Wildman–Crippen LogP) is 0.0984. The summed E-state index contributed by atoms with van der Waals surface area (Å²) in [6, 6.07) is 0.170. The summed E-state index contributed by atoms with van der Waals surface area (Å²) in [6.07, 6.45) is 1.65. The maximum atomic E-state index is 11.9. The average molecular weight is 241 g/mol. The molecular formula is C12H23N3O2. The van der Waals surface area contributed by atoms with Gasteiger partial charge in [-0.1, -0.05) is 0 Å². The van der Waals surface area contributed by atoms with Gasteiger partial charge in [0.15, 0.2) is 0 Å². The fourth-order valence-electron chi connectivity index (χ4n) is 1.81. The van der Waals surface area contributed by atoms with Crippen molar-refractivity contribution in [2.75, 3.05) is 19.6 Å². The first-order valence-corrected chi connectivity index (χ1v) is 6.13. The Labute approximate surface area is 103 Å². The van der Waals surface area contributed by atoms with E-state index in [1.54, 1.807) is 6.92 Å². The molecule has 1 rings (SSSR count). The topological polar surface area (TPSA) is 75.4 Å². The molecule has 1 saturated heterocycles. The van der Waals surface area contributed by atoms with Crippen molar-refractivity contribution in [1.82, 2.24) is 10.2 Å². The van der Waals surface area contributed by atoms with Crippen LogP contribution in [0.5, 0.6) is 0 Å². The Bertz CT molecular complexity index is 294. The normalized spacial score (nSPS) is 18.0. The highest BCUT2D eigenvalue weighted by atomic mass is 16.2. The Kier molecular flexibility index (Phi) is 4.51. The second kappa shape index (κ2) is 5.49. The molecule has 1 heterocycles. The molecule has 5 heteroatoms. The smallest absolute Gasteiger partial charge is 0.227 e. The molecule has 0 atom stereocenters. The average Bonchev–Trinajstić information content (AvgIpc) is 2.29. The fraction of sp³-hybridized carbons (Fsp3) is 0.833. The molecule has 0 aromatic rings. The summed E-state index contributed by atoms with van der Waals surface area (Å²) in [5.41, 5.74) is 5.04. The van der Waals surface area contributed by atoms with Crippen LogP contribution in [0.4, 0.5) is 0 Å². The first kappa shape index (κ1) is 14.0. The SMILES string of the molecule is CC(=O)N1CCC(NC(=O)C(C)(C)CN)CC1. The first-order valence-electron chi connectivity index (χ1n) is 6.13. The number of likely N-dealkylation sites (tertiary alicyclic amines) is 1. The van der Waals surface area contributed by atoms with E-state index in [0.717, 1.165) is 25.9 Å². The van der Waals surface area contributed by atoms with Crippen molar-refractivity contribution in [1.29, 1.82) is 0 Å². The number of hydrogen-bond donors (Lipinski definition) is 2. The minimum Gasteiger partial charge on any atom is -0.353 e. The Morgan fingerprint density at radius 3 is 2.29 bits per heavy atom. The first-order chi connectivity index (χ1) is 7.86. The maximum absolute atomic E-state index is 11.9. The Balaban J connectivity index is 2.41. The van der Waals surface area contributed by atoms with Crippen molar-refractivity contribution in [2.24, 2.45) is 11.1 Å². The van der Waals surface area contributed by atoms with Gasteiger partial charge < -0.3 is 16.0 Å². The van der Waals surface area contributed by atoms with E-state index in [2.05, 4.69) is 5.32 Å². The molecule has 1 aliphatic rings. The third-order valence-electron chi connectivity index (χ3n) is 3.40. The summed E-state index contributed by atoms with van der Waals surface area (Å²) in [7, 11) is 0. The lowest BCUT2D eigenvalue weighted by Gasteiger charge is -2.33. The molecule has 17 heavy (non-hydrogen) atoms. The van der Waals surface area contributed by atoms with Gasteiger partial charge in [-0.05, 0) is 26.7 Å². The Morgan fingerprint density at radius 2 is 1.88 bits per heavy atom. The van der Waals surface area contributed by atoms with Gasteiger partial charge in [-0.3, -0.25) is 9.59 Å². The van der Waals surface area contributed by atoms with Crippen LogP contribution in [0, 0.1) is 5.41 Å². The third kappa shape index (κ3) is 3.70. The van der Waals surface area contributed by atoms with E-state index in [9.17, 15) is 9.59 Å². The zero-order chi connectivity index (χ0) is 13.1. The number of piperidine rings is 1. The van der Waals surface area contributed by atoms with E-state index < -0.39 is 5.41 Å². The number of carbonyl (C=O) groups excluding carboxylic acids is 2. The zero-order valence-corrected chi connectivity index (χ0v) is 11.0. The van der Waals surface area contributed by atoms with Crippen LogP contribution < -0.4 is 11.1 Å². The minimum absolute atomic E-state index is 0.00118. The predicted molar refractivity (Wildman–Crippen MR) is 66.3 cm³/mol. The van der Waals surface area contributed by atoms with Gasteiger partial charge in [-0.2, -0.15) is 0 Å². The van der Waals surface area contributed by atoms with Crippen molar-refractivity contribution >= 4 is 11.8 Å². The van der Waals surface area contributed by atoms with Gasteiger partial charge in [0.25, 0.3) is 0 Å². The van der Waals surface area contributed by atoms with Crippen molar-refractivity contribution in [3.63, 3.8) is 0 Å². The maximum Gasteiger partial charge on any atom is 0.227 e. The highest BCUT2D eigenvalue weighted by Gasteiger charge is 2.29. The standard InChI is InChI=1S/C12H23N3O2/c1-9(16)15-6-4-10(5-7-15)14-11(17)12(2,3)8-13/h10H,4-8,13H2,1-3H3,(H,14,17). The van der Waals surface area contributed by atoms with Gasteiger partial charge in [0.2, 0.25) is 11.8 Å². The van der Waals surface area contributed by atoms with Gasteiger partial charge in [0, 0.05) is 32.6 Å². The van der Waals surface area contributed by atoms with Crippen molar-refractivity contribution in [2.45, 2.75) is 39.7 Å². The molecule has 0 radical (unpaired) electrons. The second-order valence-corrected chi connectivity index (χ2v) is 5.34. The summed E-state index contributed by atoms with van der Waals surface area (Å²) >= 11 is 0. The lowest BCUT2D eigenvalue weighted by atomic mass is 9.91. The van der Waals surface area contributed by atoms with Crippen LogP contribution in [0.2, 0.25) is 0 Å². The quantitative estimate of drug-likeness (QED) is 0.735. The number of nitrogens with two attached hydrogens (primary N) is 1. The summed E-state index contributed by atoms with van der Waals surface area (Å²) in [4.78, 5) is 24.9. The number of carbonyl (C=O) groups is 2. The lowest BCUT2D eigenvalue weighted by molar-refractivity contribution is -0.131. The van der Waals surface area contributed by atoms with Crippen LogP contribution in [-0.4, -0.2) is 42.4 Å². The molecule has 0 bridgehead atoms. The molecule has 0 aromatic heterocycles. The highest BCUT2D eigenvalue weighted by Crippen LogP contribution is 2.16. The van der Waals surface area contributed by atoms with Crippen molar-refractivity contribution < 1.29 is 9.59 Å². The van der Waals surface area contributed by atoms with Crippen LogP contribution in [0.1, 0.15) is 33.6 Å². The zero-order valence-electron chi connectivity index (χ0n) is 11.0. The number of amides is 2. The van der Waals surface area contributed by atoms with E-state index in [0.29, 0.717) is 6.54 Å².